The minimum Gasteiger partial charge on any atom is -0.465 e. The molecule has 0 aromatic rings. The number of ether oxygens (including phenoxy) is 5. The molecule has 0 spiro atoms. The highest BCUT2D eigenvalue weighted by Crippen LogP contribution is 2.39. The molecule has 1 fully saturated rings. The first kappa shape index (κ1) is 32.6. The Morgan fingerprint density at radius 1 is 1.05 bits per heavy atom. The van der Waals surface area contributed by atoms with Crippen molar-refractivity contribution < 1.29 is 57.9 Å². The molecule has 0 aliphatic carbocycles. The normalized spacial score (nSPS) is 25.4. The minimum atomic E-state index is -2.22. The molecule has 37 heavy (non-hydrogen) atoms. The van der Waals surface area contributed by atoms with Crippen molar-refractivity contribution >= 4 is 37.8 Å². The maximum Gasteiger partial charge on any atom is 0.366 e. The summed E-state index contributed by atoms with van der Waals surface area (Å²) >= 11 is 0. The van der Waals surface area contributed by atoms with Crippen molar-refractivity contribution in [2.75, 3.05) is 20.3 Å². The lowest BCUT2D eigenvalue weighted by atomic mass is 9.86. The molecule has 1 rings (SSSR count). The molecule has 0 aromatic heterocycles. The Morgan fingerprint density at radius 2 is 1.62 bits per heavy atom. The second kappa shape index (κ2) is 13.4. The summed E-state index contributed by atoms with van der Waals surface area (Å²) in [7, 11) is -0.582. The highest BCUT2D eigenvalue weighted by Gasteiger charge is 2.60. The van der Waals surface area contributed by atoms with Gasteiger partial charge in [0, 0.05) is 42.4 Å². The van der Waals surface area contributed by atoms with Gasteiger partial charge in [0.15, 0.2) is 6.10 Å². The zero-order valence-corrected chi connectivity index (χ0v) is 23.6. The third-order valence-electron chi connectivity index (χ3n) is 5.68. The number of aliphatic hydroxyl groups excluding tert-OH is 2. The van der Waals surface area contributed by atoms with Crippen molar-refractivity contribution in [3.8, 4) is 0 Å². The fraction of sp³-hybridized carbons (Fsp3) is 0.783. The smallest absolute Gasteiger partial charge is 0.366 e. The van der Waals surface area contributed by atoms with E-state index in [0.29, 0.717) is 6.04 Å². The van der Waals surface area contributed by atoms with Gasteiger partial charge in [-0.1, -0.05) is 19.6 Å². The third-order valence-corrected chi connectivity index (χ3v) is 7.39. The molecule has 0 bridgehead atoms. The third kappa shape index (κ3) is 8.85. The lowest BCUT2D eigenvalue weighted by molar-refractivity contribution is -0.318. The lowest BCUT2D eigenvalue weighted by Gasteiger charge is -2.50. The van der Waals surface area contributed by atoms with Gasteiger partial charge in [-0.3, -0.25) is 24.1 Å². The molecule has 1 heterocycles. The Bertz CT molecular complexity index is 845. The first-order valence-electron chi connectivity index (χ1n) is 11.8. The number of aliphatic hydroxyl groups is 2. The number of nitrogens with zero attached hydrogens (tertiary/aromatic N) is 1. The van der Waals surface area contributed by atoms with E-state index in [0.717, 1.165) is 39.7 Å². The van der Waals surface area contributed by atoms with Crippen LogP contribution in [0, 0.1) is 0 Å². The van der Waals surface area contributed by atoms with E-state index in [9.17, 15) is 34.2 Å². The van der Waals surface area contributed by atoms with Gasteiger partial charge in [0.05, 0.1) is 20.1 Å². The molecule has 212 valence electrons. The van der Waals surface area contributed by atoms with Crippen molar-refractivity contribution in [2.45, 2.75) is 96.0 Å². The summed E-state index contributed by atoms with van der Waals surface area (Å²) in [6.07, 6.45) is -7.05. The van der Waals surface area contributed by atoms with Gasteiger partial charge in [0.2, 0.25) is 11.8 Å². The Labute approximate surface area is 217 Å². The van der Waals surface area contributed by atoms with Gasteiger partial charge >= 0.3 is 17.9 Å². The molecule has 14 heteroatoms. The fourth-order valence-corrected chi connectivity index (χ4v) is 4.81. The van der Waals surface area contributed by atoms with Crippen molar-refractivity contribution in [2.24, 2.45) is 0 Å². The molecule has 0 radical (unpaired) electrons. The van der Waals surface area contributed by atoms with Gasteiger partial charge in [-0.25, -0.2) is 4.79 Å². The lowest BCUT2D eigenvalue weighted by Crippen LogP contribution is -2.70. The van der Waals surface area contributed by atoms with E-state index in [1.54, 1.807) is 0 Å². The maximum absolute atomic E-state index is 13.1. The second-order valence-electron chi connectivity index (χ2n) is 10.1. The summed E-state index contributed by atoms with van der Waals surface area (Å²) in [6, 6.07) is -0.871. The van der Waals surface area contributed by atoms with Crippen LogP contribution in [0.15, 0.2) is 0 Å². The first-order valence-corrected chi connectivity index (χ1v) is 15.5. The van der Waals surface area contributed by atoms with Gasteiger partial charge in [0.1, 0.15) is 24.4 Å². The SMILES string of the molecule is COC(=O)[C@@]1(OCC[Si](C)(C)C)C[C@H](OC(C)=O)[C@@H](N(C(C)=O)C(C)=O)[C@H]([C@H](OC(C)=O)[C@H](O)CO)O1. The molecule has 1 aliphatic heterocycles. The second-order valence-corrected chi connectivity index (χ2v) is 15.7. The zero-order valence-electron chi connectivity index (χ0n) is 22.6. The molecule has 13 nitrogen and oxygen atoms in total. The molecular weight excluding hydrogens is 510 g/mol. The van der Waals surface area contributed by atoms with Crippen molar-refractivity contribution in [1.82, 2.24) is 4.90 Å². The number of rotatable bonds is 11. The standard InChI is InChI=1S/C23H39NO12Si/c1-13(26)24(14(2)27)19-18(34-15(3)28)11-23(22(31)32-5,33-9-10-37(6,7)8)36-21(19)20(17(30)12-25)35-16(4)29/h17-21,25,30H,9-12H2,1-8H3/t17-,18+,19-,20-,21-,23-/m1/s1. The number of esters is 3. The van der Waals surface area contributed by atoms with Crippen LogP contribution in [0.3, 0.4) is 0 Å². The van der Waals surface area contributed by atoms with Gasteiger partial charge < -0.3 is 33.9 Å². The van der Waals surface area contributed by atoms with E-state index < -0.39 is 87.1 Å². The molecule has 2 amide bonds. The topological polar surface area (TPSA) is 175 Å². The molecule has 6 atom stereocenters. The van der Waals surface area contributed by atoms with Crippen LogP contribution in [0.4, 0.5) is 0 Å². The predicted molar refractivity (Wildman–Crippen MR) is 130 cm³/mol. The van der Waals surface area contributed by atoms with E-state index in [1.807, 2.05) is 0 Å². The number of hydrogen-bond donors (Lipinski definition) is 2. The van der Waals surface area contributed by atoms with Gasteiger partial charge in [-0.05, 0) is 6.04 Å². The molecule has 1 saturated heterocycles. The number of imide groups is 1. The number of amides is 2. The number of methoxy groups -OCH3 is 1. The van der Waals surface area contributed by atoms with Crippen LogP contribution in [0.2, 0.25) is 25.7 Å². The van der Waals surface area contributed by atoms with E-state index in [4.69, 9.17) is 23.7 Å². The predicted octanol–water partition coefficient (Wildman–Crippen LogP) is -0.0204. The van der Waals surface area contributed by atoms with Gasteiger partial charge in [-0.15, -0.1) is 0 Å². The molecule has 1 aliphatic rings. The maximum atomic E-state index is 13.1. The van der Waals surface area contributed by atoms with Gasteiger partial charge in [-0.2, -0.15) is 0 Å². The van der Waals surface area contributed by atoms with Crippen LogP contribution < -0.4 is 0 Å². The Morgan fingerprint density at radius 3 is 2.03 bits per heavy atom. The molecular formula is C23H39NO12Si. The van der Waals surface area contributed by atoms with E-state index in [1.165, 1.54) is 0 Å². The summed E-state index contributed by atoms with van der Waals surface area (Å²) in [4.78, 5) is 62.9. The highest BCUT2D eigenvalue weighted by molar-refractivity contribution is 6.76. The van der Waals surface area contributed by atoms with Crippen LogP contribution >= 0.6 is 0 Å². The summed E-state index contributed by atoms with van der Waals surface area (Å²) in [5.74, 6) is -6.48. The monoisotopic (exact) mass is 549 g/mol. The zero-order chi connectivity index (χ0) is 28.7. The summed E-state index contributed by atoms with van der Waals surface area (Å²) in [5.41, 5.74) is 0. The molecule has 0 saturated carbocycles. The van der Waals surface area contributed by atoms with Gasteiger partial charge in [0.25, 0.3) is 5.79 Å². The molecule has 2 N–H and O–H groups in total. The summed E-state index contributed by atoms with van der Waals surface area (Å²) in [6.45, 7) is 9.65. The van der Waals surface area contributed by atoms with E-state index >= 15 is 0 Å². The van der Waals surface area contributed by atoms with E-state index in [-0.39, 0.29) is 6.61 Å². The van der Waals surface area contributed by atoms with Crippen molar-refractivity contribution in [1.29, 1.82) is 0 Å². The quantitative estimate of drug-likeness (QED) is 0.200. The first-order chi connectivity index (χ1) is 17.0. The fourth-order valence-electron chi connectivity index (χ4n) is 4.10. The van der Waals surface area contributed by atoms with Crippen LogP contribution in [0.5, 0.6) is 0 Å². The Hall–Kier alpha value is -2.39. The van der Waals surface area contributed by atoms with Crippen LogP contribution in [0.25, 0.3) is 0 Å². The minimum absolute atomic E-state index is 0.0406. The highest BCUT2D eigenvalue weighted by atomic mass is 28.3. The largest absolute Gasteiger partial charge is 0.465 e. The molecule has 0 aromatic carbocycles. The van der Waals surface area contributed by atoms with Crippen molar-refractivity contribution in [3.05, 3.63) is 0 Å². The number of carbonyl (C=O) groups excluding carboxylic acids is 5. The average molecular weight is 550 g/mol. The van der Waals surface area contributed by atoms with Crippen LogP contribution in [0.1, 0.15) is 34.1 Å². The Balaban J connectivity index is 3.83. The van der Waals surface area contributed by atoms with Crippen LogP contribution in [-0.2, 0) is 47.7 Å². The average Bonchev–Trinajstić information content (AvgIpc) is 2.75. The van der Waals surface area contributed by atoms with E-state index in [2.05, 4.69) is 19.6 Å². The molecule has 0 unspecified atom stereocenters. The van der Waals surface area contributed by atoms with Crippen LogP contribution in [-0.4, -0.2) is 109 Å². The van der Waals surface area contributed by atoms with Crippen molar-refractivity contribution in [3.63, 3.8) is 0 Å². The Kier molecular flexibility index (Phi) is 11.8. The number of hydrogen-bond acceptors (Lipinski definition) is 12. The summed E-state index contributed by atoms with van der Waals surface area (Å²) < 4.78 is 27.6. The number of carbonyl (C=O) groups is 5. The summed E-state index contributed by atoms with van der Waals surface area (Å²) in [5, 5.41) is 20.2.